The summed E-state index contributed by atoms with van der Waals surface area (Å²) in [7, 11) is 0. The van der Waals surface area contributed by atoms with Gasteiger partial charge in [0.1, 0.15) is 0 Å². The molecule has 3 rings (SSSR count). The number of aromatic nitrogens is 2. The fourth-order valence-electron chi connectivity index (χ4n) is 2.65. The van der Waals surface area contributed by atoms with Crippen molar-refractivity contribution in [3.63, 3.8) is 0 Å². The van der Waals surface area contributed by atoms with E-state index in [1.54, 1.807) is 6.07 Å². The van der Waals surface area contributed by atoms with Gasteiger partial charge in [-0.1, -0.05) is 18.2 Å². The summed E-state index contributed by atoms with van der Waals surface area (Å²) in [6.07, 6.45) is -0.546. The van der Waals surface area contributed by atoms with Crippen LogP contribution < -0.4 is 11.2 Å². The molecule has 3 aromatic rings. The molecule has 0 fully saturated rings. The van der Waals surface area contributed by atoms with Gasteiger partial charge in [-0.25, -0.2) is 9.67 Å². The first-order valence-electron chi connectivity index (χ1n) is 8.59. The molecule has 148 valence electrons. The van der Waals surface area contributed by atoms with Crippen LogP contribution in [0.5, 0.6) is 0 Å². The van der Waals surface area contributed by atoms with Crippen molar-refractivity contribution in [2.45, 2.75) is 13.1 Å². The third-order valence-electron chi connectivity index (χ3n) is 3.99. The van der Waals surface area contributed by atoms with Crippen LogP contribution in [-0.2, 0) is 6.18 Å². The minimum absolute atomic E-state index is 0.0342. The molecule has 0 saturated heterocycles. The van der Waals surface area contributed by atoms with Crippen molar-refractivity contribution in [1.82, 2.24) is 9.78 Å². The van der Waals surface area contributed by atoms with Gasteiger partial charge in [-0.15, -0.1) is 0 Å². The molecule has 0 aliphatic heterocycles. The highest BCUT2D eigenvalue weighted by atomic mass is 19.4. The Kier molecular flexibility index (Phi) is 5.63. The van der Waals surface area contributed by atoms with Crippen LogP contribution in [0.15, 0.2) is 82.9 Å². The first-order chi connectivity index (χ1) is 13.8. The molecule has 8 heteroatoms. The van der Waals surface area contributed by atoms with Gasteiger partial charge in [0.05, 0.1) is 22.6 Å². The summed E-state index contributed by atoms with van der Waals surface area (Å²) in [5.41, 5.74) is 6.14. The van der Waals surface area contributed by atoms with Crippen molar-refractivity contribution in [2.24, 2.45) is 10.7 Å². The van der Waals surface area contributed by atoms with Crippen LogP contribution in [0.25, 0.3) is 5.69 Å². The number of aryl methyl sites for hydroxylation is 1. The summed E-state index contributed by atoms with van der Waals surface area (Å²) in [5, 5.41) is 4.20. The average molecular weight is 398 g/mol. The van der Waals surface area contributed by atoms with E-state index in [-0.39, 0.29) is 17.1 Å². The monoisotopic (exact) mass is 398 g/mol. The van der Waals surface area contributed by atoms with Crippen molar-refractivity contribution in [1.29, 1.82) is 0 Å². The second-order valence-corrected chi connectivity index (χ2v) is 6.22. The predicted octanol–water partition coefficient (Wildman–Crippen LogP) is 4.15. The third kappa shape index (κ3) is 4.78. The van der Waals surface area contributed by atoms with E-state index < -0.39 is 17.2 Å². The molecule has 0 atom stereocenters. The first kappa shape index (κ1) is 20.1. The van der Waals surface area contributed by atoms with Gasteiger partial charge in [-0.3, -0.25) is 4.79 Å². The number of nitrogens with zero attached hydrogens (tertiary/aromatic N) is 3. The molecule has 0 amide bonds. The summed E-state index contributed by atoms with van der Waals surface area (Å²) in [4.78, 5) is 16.8. The summed E-state index contributed by atoms with van der Waals surface area (Å²) in [5.74, 6) is 0. The van der Waals surface area contributed by atoms with Crippen molar-refractivity contribution in [3.05, 3.63) is 100 Å². The Morgan fingerprint density at radius 1 is 1.14 bits per heavy atom. The standard InChI is InChI=1S/C21H17F3N4O/c1-14-4-2-6-16(12-14)26-18(8-10-25)20-19(29)9-11-28(27-20)17-7-3-5-15(13-17)21(22,23)24/h2-13H,25H2,1H3. The van der Waals surface area contributed by atoms with Gasteiger partial charge in [0.2, 0.25) is 5.43 Å². The minimum atomic E-state index is -4.49. The molecule has 2 aromatic carbocycles. The van der Waals surface area contributed by atoms with Gasteiger partial charge in [-0.05, 0) is 55.1 Å². The fraction of sp³-hybridized carbons (Fsp3) is 0.0952. The van der Waals surface area contributed by atoms with Gasteiger partial charge in [0.25, 0.3) is 0 Å². The maximum absolute atomic E-state index is 13.0. The highest BCUT2D eigenvalue weighted by Crippen LogP contribution is 2.30. The van der Waals surface area contributed by atoms with Crippen LogP contribution >= 0.6 is 0 Å². The Bertz CT molecular complexity index is 1150. The zero-order valence-corrected chi connectivity index (χ0v) is 15.4. The molecule has 0 aliphatic rings. The molecule has 1 heterocycles. The Balaban J connectivity index is 2.12. The van der Waals surface area contributed by atoms with E-state index in [9.17, 15) is 18.0 Å². The van der Waals surface area contributed by atoms with E-state index in [4.69, 9.17) is 5.73 Å². The minimum Gasteiger partial charge on any atom is -0.405 e. The molecule has 0 unspecified atom stereocenters. The second kappa shape index (κ2) is 8.14. The number of halogens is 3. The fourth-order valence-corrected chi connectivity index (χ4v) is 2.65. The lowest BCUT2D eigenvalue weighted by molar-refractivity contribution is -0.137. The largest absolute Gasteiger partial charge is 0.416 e. The van der Waals surface area contributed by atoms with E-state index in [1.165, 1.54) is 41.4 Å². The normalized spacial score (nSPS) is 12.5. The van der Waals surface area contributed by atoms with Crippen molar-refractivity contribution < 1.29 is 13.2 Å². The van der Waals surface area contributed by atoms with Crippen molar-refractivity contribution in [3.8, 4) is 5.69 Å². The Hall–Kier alpha value is -3.68. The molecular weight excluding hydrogens is 381 g/mol. The molecule has 0 aliphatic carbocycles. The van der Waals surface area contributed by atoms with Crippen LogP contribution in [0, 0.1) is 6.92 Å². The summed E-state index contributed by atoms with van der Waals surface area (Å²) in [6, 6.07) is 13.2. The third-order valence-corrected chi connectivity index (χ3v) is 3.99. The van der Waals surface area contributed by atoms with Gasteiger partial charge < -0.3 is 5.73 Å². The van der Waals surface area contributed by atoms with E-state index >= 15 is 0 Å². The average Bonchev–Trinajstić information content (AvgIpc) is 2.68. The smallest absolute Gasteiger partial charge is 0.405 e. The summed E-state index contributed by atoms with van der Waals surface area (Å²) >= 11 is 0. The number of rotatable bonds is 4. The lowest BCUT2D eigenvalue weighted by Gasteiger charge is -2.11. The number of allylic oxidation sites excluding steroid dienone is 1. The number of benzene rings is 2. The Morgan fingerprint density at radius 2 is 1.90 bits per heavy atom. The molecule has 0 radical (unpaired) electrons. The van der Waals surface area contributed by atoms with Crippen LogP contribution in [0.4, 0.5) is 18.9 Å². The number of hydrogen-bond acceptors (Lipinski definition) is 4. The van der Waals surface area contributed by atoms with Crippen LogP contribution in [0.3, 0.4) is 0 Å². The van der Waals surface area contributed by atoms with Crippen molar-refractivity contribution in [2.75, 3.05) is 0 Å². The maximum atomic E-state index is 13.0. The maximum Gasteiger partial charge on any atom is 0.416 e. The molecule has 29 heavy (non-hydrogen) atoms. The lowest BCUT2D eigenvalue weighted by atomic mass is 10.2. The number of hydrogen-bond donors (Lipinski definition) is 1. The van der Waals surface area contributed by atoms with E-state index in [0.717, 1.165) is 17.7 Å². The summed E-state index contributed by atoms with van der Waals surface area (Å²) in [6.45, 7) is 1.90. The first-order valence-corrected chi connectivity index (χ1v) is 8.59. The molecular formula is C21H17F3N4O. The number of alkyl halides is 3. The zero-order valence-electron chi connectivity index (χ0n) is 15.4. The molecule has 1 aromatic heterocycles. The van der Waals surface area contributed by atoms with Gasteiger partial charge in [0, 0.05) is 12.3 Å². The Labute approximate surface area is 164 Å². The molecule has 2 N–H and O–H groups in total. The number of nitrogens with two attached hydrogens (primary N) is 1. The predicted molar refractivity (Wildman–Crippen MR) is 106 cm³/mol. The van der Waals surface area contributed by atoms with Crippen LogP contribution in [0.1, 0.15) is 16.8 Å². The second-order valence-electron chi connectivity index (χ2n) is 6.22. The van der Waals surface area contributed by atoms with Crippen LogP contribution in [0.2, 0.25) is 0 Å². The highest BCUT2D eigenvalue weighted by molar-refractivity contribution is 6.08. The molecule has 0 spiro atoms. The van der Waals surface area contributed by atoms with E-state index in [1.807, 2.05) is 25.1 Å². The Morgan fingerprint density at radius 3 is 2.59 bits per heavy atom. The zero-order chi connectivity index (χ0) is 21.0. The topological polar surface area (TPSA) is 73.3 Å². The number of aliphatic imine (C=N–C) groups is 1. The lowest BCUT2D eigenvalue weighted by Crippen LogP contribution is -2.20. The quantitative estimate of drug-likeness (QED) is 0.671. The van der Waals surface area contributed by atoms with E-state index in [0.29, 0.717) is 5.69 Å². The SMILES string of the molecule is Cc1cccc(N=C(C=CN)c2nn(-c3cccc(C(F)(F)F)c3)ccc2=O)c1. The molecule has 0 bridgehead atoms. The van der Waals surface area contributed by atoms with Crippen LogP contribution in [-0.4, -0.2) is 15.5 Å². The molecule has 0 saturated carbocycles. The van der Waals surface area contributed by atoms with E-state index in [2.05, 4.69) is 10.1 Å². The van der Waals surface area contributed by atoms with Gasteiger partial charge in [0.15, 0.2) is 5.69 Å². The van der Waals surface area contributed by atoms with Gasteiger partial charge >= 0.3 is 6.18 Å². The van der Waals surface area contributed by atoms with Gasteiger partial charge in [-0.2, -0.15) is 18.3 Å². The summed E-state index contributed by atoms with van der Waals surface area (Å²) < 4.78 is 40.2. The van der Waals surface area contributed by atoms with Crippen molar-refractivity contribution >= 4 is 11.4 Å². The molecule has 5 nitrogen and oxygen atoms in total. The highest BCUT2D eigenvalue weighted by Gasteiger charge is 2.30.